The number of carbonyl (C=O) groups excluding carboxylic acids is 2. The number of esters is 1. The lowest BCUT2D eigenvalue weighted by Crippen LogP contribution is -1.99. The Hall–Kier alpha value is -0.570. The van der Waals surface area contributed by atoms with Crippen molar-refractivity contribution in [3.8, 4) is 0 Å². The molecule has 15 heavy (non-hydrogen) atoms. The summed E-state index contributed by atoms with van der Waals surface area (Å²) in [7, 11) is 1.40. The average Bonchev–Trinajstić information content (AvgIpc) is 2.26. The third-order valence-electron chi connectivity index (χ3n) is 2.21. The van der Waals surface area contributed by atoms with Gasteiger partial charge in [-0.1, -0.05) is 19.3 Å². The van der Waals surface area contributed by atoms with Gasteiger partial charge in [-0.2, -0.15) is 0 Å². The summed E-state index contributed by atoms with van der Waals surface area (Å²) in [5, 5.41) is 0. The molecular weight excluding hydrogens is 216 g/mol. The van der Waals surface area contributed by atoms with Gasteiger partial charge in [-0.15, -0.1) is 11.6 Å². The van der Waals surface area contributed by atoms with Gasteiger partial charge in [0.05, 0.1) is 13.0 Å². The molecule has 0 aromatic carbocycles. The van der Waals surface area contributed by atoms with Crippen LogP contribution in [0.25, 0.3) is 0 Å². The fourth-order valence-electron chi connectivity index (χ4n) is 1.29. The molecule has 0 aliphatic heterocycles. The first kappa shape index (κ1) is 14.4. The van der Waals surface area contributed by atoms with Gasteiger partial charge in [-0.05, 0) is 12.8 Å². The van der Waals surface area contributed by atoms with Gasteiger partial charge in [0.25, 0.3) is 0 Å². The third-order valence-corrected chi connectivity index (χ3v) is 2.51. The summed E-state index contributed by atoms with van der Waals surface area (Å²) < 4.78 is 4.53. The zero-order valence-electron chi connectivity index (χ0n) is 9.26. The van der Waals surface area contributed by atoms with Crippen molar-refractivity contribution in [3.05, 3.63) is 0 Å². The molecule has 0 rings (SSSR count). The zero-order chi connectivity index (χ0) is 11.5. The Balaban J connectivity index is 3.11. The number of alkyl halides is 1. The average molecular weight is 235 g/mol. The molecule has 0 bridgehead atoms. The Morgan fingerprint density at radius 2 is 1.53 bits per heavy atom. The molecule has 88 valence electrons. The molecule has 0 aromatic rings. The molecule has 0 fully saturated rings. The Labute approximate surface area is 96.1 Å². The van der Waals surface area contributed by atoms with Crippen molar-refractivity contribution in [2.75, 3.05) is 13.0 Å². The van der Waals surface area contributed by atoms with Crippen molar-refractivity contribution in [3.63, 3.8) is 0 Å². The van der Waals surface area contributed by atoms with E-state index in [2.05, 4.69) is 4.74 Å². The number of Topliss-reactive ketones (excluding diaryl/α,β-unsaturated/α-hetero) is 1. The summed E-state index contributed by atoms with van der Waals surface area (Å²) in [5.41, 5.74) is 0. The summed E-state index contributed by atoms with van der Waals surface area (Å²) in [5.74, 6) is 0.0982. The number of carbonyl (C=O) groups is 2. The van der Waals surface area contributed by atoms with Crippen LogP contribution in [0.3, 0.4) is 0 Å². The number of methoxy groups -OCH3 is 1. The Morgan fingerprint density at radius 3 is 2.07 bits per heavy atom. The predicted molar refractivity (Wildman–Crippen MR) is 60.1 cm³/mol. The van der Waals surface area contributed by atoms with Gasteiger partial charge in [-0.25, -0.2) is 0 Å². The van der Waals surface area contributed by atoms with E-state index in [-0.39, 0.29) is 17.6 Å². The third kappa shape index (κ3) is 9.73. The maximum atomic E-state index is 10.8. The largest absolute Gasteiger partial charge is 0.469 e. The number of halogens is 1. The molecule has 0 saturated heterocycles. The quantitative estimate of drug-likeness (QED) is 0.350. The van der Waals surface area contributed by atoms with Gasteiger partial charge in [0.1, 0.15) is 5.78 Å². The van der Waals surface area contributed by atoms with Crippen molar-refractivity contribution >= 4 is 23.4 Å². The molecule has 0 aliphatic rings. The van der Waals surface area contributed by atoms with Crippen LogP contribution < -0.4 is 0 Å². The first-order chi connectivity index (χ1) is 7.20. The number of ketones is 1. The van der Waals surface area contributed by atoms with Crippen LogP contribution in [0.5, 0.6) is 0 Å². The second-order valence-corrected chi connectivity index (χ2v) is 3.78. The zero-order valence-corrected chi connectivity index (χ0v) is 10.0. The lowest BCUT2D eigenvalue weighted by molar-refractivity contribution is -0.140. The van der Waals surface area contributed by atoms with Crippen LogP contribution in [0.2, 0.25) is 0 Å². The summed E-state index contributed by atoms with van der Waals surface area (Å²) >= 11 is 5.36. The number of hydrogen-bond donors (Lipinski definition) is 0. The fraction of sp³-hybridized carbons (Fsp3) is 0.818. The van der Waals surface area contributed by atoms with Crippen LogP contribution in [0, 0.1) is 0 Å². The smallest absolute Gasteiger partial charge is 0.305 e. The molecule has 0 heterocycles. The topological polar surface area (TPSA) is 43.4 Å². The molecular formula is C11H19ClO3. The van der Waals surface area contributed by atoms with Crippen LogP contribution >= 0.6 is 11.6 Å². The number of unbranched alkanes of at least 4 members (excludes halogenated alkanes) is 4. The second kappa shape index (κ2) is 9.97. The summed E-state index contributed by atoms with van der Waals surface area (Å²) in [6.07, 6.45) is 5.97. The van der Waals surface area contributed by atoms with E-state index in [1.165, 1.54) is 7.11 Å². The Kier molecular flexibility index (Phi) is 9.59. The molecule has 3 nitrogen and oxygen atoms in total. The lowest BCUT2D eigenvalue weighted by atomic mass is 10.1. The normalized spacial score (nSPS) is 10.0. The molecule has 0 aliphatic carbocycles. The van der Waals surface area contributed by atoms with Crippen molar-refractivity contribution in [1.29, 1.82) is 0 Å². The summed E-state index contributed by atoms with van der Waals surface area (Å²) in [6.45, 7) is 0. The second-order valence-electron chi connectivity index (χ2n) is 3.52. The molecule has 0 saturated carbocycles. The van der Waals surface area contributed by atoms with E-state index in [9.17, 15) is 9.59 Å². The van der Waals surface area contributed by atoms with Crippen LogP contribution in [-0.2, 0) is 14.3 Å². The van der Waals surface area contributed by atoms with E-state index >= 15 is 0 Å². The van der Waals surface area contributed by atoms with E-state index < -0.39 is 0 Å². The van der Waals surface area contributed by atoms with Crippen LogP contribution in [-0.4, -0.2) is 24.7 Å². The highest BCUT2D eigenvalue weighted by Gasteiger charge is 2.00. The highest BCUT2D eigenvalue weighted by molar-refractivity contribution is 6.27. The number of rotatable bonds is 9. The molecule has 0 atom stereocenters. The Morgan fingerprint density at radius 1 is 1.00 bits per heavy atom. The van der Waals surface area contributed by atoms with Crippen LogP contribution in [0.4, 0.5) is 0 Å². The minimum atomic E-state index is -0.146. The van der Waals surface area contributed by atoms with Gasteiger partial charge in [0.15, 0.2) is 0 Å². The number of hydrogen-bond acceptors (Lipinski definition) is 3. The van der Waals surface area contributed by atoms with Gasteiger partial charge in [-0.3, -0.25) is 9.59 Å². The standard InChI is InChI=1S/C11H19ClO3/c1-15-11(14)8-6-4-2-3-5-7-10(13)9-12/h2-9H2,1H3. The van der Waals surface area contributed by atoms with E-state index in [1.54, 1.807) is 0 Å². The molecule has 0 spiro atoms. The lowest BCUT2D eigenvalue weighted by Gasteiger charge is -2.00. The highest BCUT2D eigenvalue weighted by atomic mass is 35.5. The molecule has 0 unspecified atom stereocenters. The van der Waals surface area contributed by atoms with E-state index in [4.69, 9.17) is 11.6 Å². The molecule has 0 radical (unpaired) electrons. The predicted octanol–water partition coefficient (Wildman–Crippen LogP) is 2.70. The maximum absolute atomic E-state index is 10.8. The van der Waals surface area contributed by atoms with Gasteiger partial charge < -0.3 is 4.74 Å². The van der Waals surface area contributed by atoms with Crippen LogP contribution in [0.15, 0.2) is 0 Å². The van der Waals surface area contributed by atoms with Crippen LogP contribution in [0.1, 0.15) is 44.9 Å². The maximum Gasteiger partial charge on any atom is 0.305 e. The summed E-state index contributed by atoms with van der Waals surface area (Å²) in [6, 6.07) is 0. The number of ether oxygens (including phenoxy) is 1. The van der Waals surface area contributed by atoms with E-state index in [0.29, 0.717) is 12.8 Å². The SMILES string of the molecule is COC(=O)CCCCCCCC(=O)CCl. The highest BCUT2D eigenvalue weighted by Crippen LogP contribution is 2.08. The molecule has 4 heteroatoms. The van der Waals surface area contributed by atoms with Crippen molar-refractivity contribution in [2.24, 2.45) is 0 Å². The fourth-order valence-corrected chi connectivity index (χ4v) is 1.42. The van der Waals surface area contributed by atoms with Gasteiger partial charge >= 0.3 is 5.97 Å². The van der Waals surface area contributed by atoms with Crippen molar-refractivity contribution in [1.82, 2.24) is 0 Å². The van der Waals surface area contributed by atoms with Crippen molar-refractivity contribution < 1.29 is 14.3 Å². The van der Waals surface area contributed by atoms with Gasteiger partial charge in [0, 0.05) is 12.8 Å². The summed E-state index contributed by atoms with van der Waals surface area (Å²) in [4.78, 5) is 21.6. The Bertz CT molecular complexity index is 172. The monoisotopic (exact) mass is 234 g/mol. The van der Waals surface area contributed by atoms with E-state index in [1.807, 2.05) is 0 Å². The molecule has 0 aromatic heterocycles. The van der Waals surface area contributed by atoms with Crippen molar-refractivity contribution in [2.45, 2.75) is 44.9 Å². The minimum Gasteiger partial charge on any atom is -0.469 e. The van der Waals surface area contributed by atoms with E-state index in [0.717, 1.165) is 32.1 Å². The first-order valence-electron chi connectivity index (χ1n) is 5.35. The minimum absolute atomic E-state index is 0.117. The van der Waals surface area contributed by atoms with Gasteiger partial charge in [0.2, 0.25) is 0 Å². The first-order valence-corrected chi connectivity index (χ1v) is 5.88. The molecule has 0 N–H and O–H groups in total. The molecule has 0 amide bonds.